The molecular weight excluding hydrogens is 286 g/mol. The van der Waals surface area contributed by atoms with Gasteiger partial charge in [-0.05, 0) is 48.7 Å². The van der Waals surface area contributed by atoms with Crippen molar-refractivity contribution in [3.63, 3.8) is 0 Å². The van der Waals surface area contributed by atoms with Gasteiger partial charge in [-0.1, -0.05) is 12.1 Å². The van der Waals surface area contributed by atoms with E-state index in [4.69, 9.17) is 5.73 Å². The van der Waals surface area contributed by atoms with Crippen molar-refractivity contribution in [2.45, 2.75) is 31.8 Å². The van der Waals surface area contributed by atoms with E-state index in [1.807, 2.05) is 26.0 Å². The first-order valence-corrected chi connectivity index (χ1v) is 8.12. The highest BCUT2D eigenvalue weighted by atomic mass is 32.2. The molecule has 21 heavy (non-hydrogen) atoms. The highest BCUT2D eigenvalue weighted by molar-refractivity contribution is 7.89. The van der Waals surface area contributed by atoms with E-state index in [0.717, 1.165) is 16.7 Å². The van der Waals surface area contributed by atoms with E-state index in [9.17, 15) is 8.42 Å². The largest absolute Gasteiger partial charge is 0.326 e. The number of hydrogen-bond donors (Lipinski definition) is 2. The zero-order valence-corrected chi connectivity index (χ0v) is 12.9. The van der Waals surface area contributed by atoms with Crippen LogP contribution in [0.1, 0.15) is 22.4 Å². The van der Waals surface area contributed by atoms with Crippen molar-refractivity contribution >= 4 is 10.0 Å². The lowest BCUT2D eigenvalue weighted by molar-refractivity contribution is 0.580. The first kappa shape index (κ1) is 15.6. The number of hydrogen-bond acceptors (Lipinski definition) is 4. The lowest BCUT2D eigenvalue weighted by Gasteiger charge is -2.10. The van der Waals surface area contributed by atoms with Crippen LogP contribution in [0.3, 0.4) is 0 Å². The van der Waals surface area contributed by atoms with Crippen LogP contribution in [0.15, 0.2) is 41.4 Å². The van der Waals surface area contributed by atoms with Gasteiger partial charge in [-0.15, -0.1) is 0 Å². The van der Waals surface area contributed by atoms with Gasteiger partial charge < -0.3 is 5.73 Å². The van der Waals surface area contributed by atoms with E-state index in [0.29, 0.717) is 12.2 Å². The Morgan fingerprint density at radius 1 is 1.19 bits per heavy atom. The summed E-state index contributed by atoms with van der Waals surface area (Å²) in [5.74, 6) is 0. The highest BCUT2D eigenvalue weighted by Crippen LogP contribution is 2.15. The molecule has 2 rings (SSSR count). The summed E-state index contributed by atoms with van der Waals surface area (Å²) >= 11 is 0. The van der Waals surface area contributed by atoms with Crippen LogP contribution < -0.4 is 10.5 Å². The number of sulfonamides is 1. The van der Waals surface area contributed by atoms with Crippen LogP contribution in [0, 0.1) is 13.8 Å². The van der Waals surface area contributed by atoms with Gasteiger partial charge in [0.1, 0.15) is 0 Å². The SMILES string of the molecule is Cc1ccc(S(=O)(=O)NCc2ncccc2C)cc1CN. The van der Waals surface area contributed by atoms with Crippen LogP contribution in [0.25, 0.3) is 0 Å². The first-order chi connectivity index (χ1) is 9.94. The Balaban J connectivity index is 2.21. The summed E-state index contributed by atoms with van der Waals surface area (Å²) in [4.78, 5) is 4.40. The Morgan fingerprint density at radius 3 is 2.62 bits per heavy atom. The van der Waals surface area contributed by atoms with Crippen LogP contribution in [-0.4, -0.2) is 13.4 Å². The molecule has 3 N–H and O–H groups in total. The average Bonchev–Trinajstić information content (AvgIpc) is 2.46. The van der Waals surface area contributed by atoms with Crippen molar-refractivity contribution in [2.24, 2.45) is 5.73 Å². The fraction of sp³-hybridized carbons (Fsp3) is 0.267. The van der Waals surface area contributed by atoms with E-state index in [2.05, 4.69) is 9.71 Å². The van der Waals surface area contributed by atoms with Crippen molar-refractivity contribution in [2.75, 3.05) is 0 Å². The summed E-state index contributed by atoms with van der Waals surface area (Å²) in [6.07, 6.45) is 1.65. The van der Waals surface area contributed by atoms with Gasteiger partial charge in [0.15, 0.2) is 0 Å². The molecule has 0 aliphatic heterocycles. The average molecular weight is 305 g/mol. The van der Waals surface area contributed by atoms with Gasteiger partial charge in [-0.25, -0.2) is 13.1 Å². The van der Waals surface area contributed by atoms with Crippen molar-refractivity contribution in [1.29, 1.82) is 0 Å². The van der Waals surface area contributed by atoms with Gasteiger partial charge in [0, 0.05) is 12.7 Å². The van der Waals surface area contributed by atoms with Gasteiger partial charge in [-0.3, -0.25) is 4.98 Å². The van der Waals surface area contributed by atoms with Gasteiger partial charge in [-0.2, -0.15) is 0 Å². The third-order valence-electron chi connectivity index (χ3n) is 3.40. The predicted molar refractivity (Wildman–Crippen MR) is 82.1 cm³/mol. The maximum Gasteiger partial charge on any atom is 0.240 e. The number of nitrogens with zero attached hydrogens (tertiary/aromatic N) is 1. The minimum absolute atomic E-state index is 0.168. The van der Waals surface area contributed by atoms with Crippen LogP contribution in [0.5, 0.6) is 0 Å². The smallest absolute Gasteiger partial charge is 0.240 e. The second-order valence-corrected chi connectivity index (χ2v) is 6.65. The van der Waals surface area contributed by atoms with Crippen molar-refractivity contribution in [1.82, 2.24) is 9.71 Å². The number of aromatic nitrogens is 1. The van der Waals surface area contributed by atoms with E-state index in [1.165, 1.54) is 0 Å². The van der Waals surface area contributed by atoms with E-state index in [1.54, 1.807) is 24.4 Å². The molecule has 0 spiro atoms. The lowest BCUT2D eigenvalue weighted by Crippen LogP contribution is -2.24. The Kier molecular flexibility index (Phi) is 4.72. The molecule has 6 heteroatoms. The van der Waals surface area contributed by atoms with Gasteiger partial charge >= 0.3 is 0 Å². The van der Waals surface area contributed by atoms with Gasteiger partial charge in [0.25, 0.3) is 0 Å². The Bertz CT molecular complexity index is 742. The summed E-state index contributed by atoms with van der Waals surface area (Å²) in [6.45, 7) is 4.29. The molecule has 0 fully saturated rings. The number of nitrogens with one attached hydrogen (secondary N) is 1. The van der Waals surface area contributed by atoms with Crippen LogP contribution in [-0.2, 0) is 23.1 Å². The zero-order valence-electron chi connectivity index (χ0n) is 12.1. The number of nitrogens with two attached hydrogens (primary N) is 1. The molecule has 0 atom stereocenters. The Morgan fingerprint density at radius 2 is 1.95 bits per heavy atom. The minimum atomic E-state index is -3.57. The number of pyridine rings is 1. The van der Waals surface area contributed by atoms with Crippen molar-refractivity contribution in [3.8, 4) is 0 Å². The molecule has 2 aromatic rings. The maximum atomic E-state index is 12.3. The van der Waals surface area contributed by atoms with Gasteiger partial charge in [0.2, 0.25) is 10.0 Å². The summed E-state index contributed by atoms with van der Waals surface area (Å²) in [5, 5.41) is 0. The quantitative estimate of drug-likeness (QED) is 0.879. The number of rotatable bonds is 5. The van der Waals surface area contributed by atoms with Crippen LogP contribution >= 0.6 is 0 Å². The standard InChI is InChI=1S/C15H19N3O2S/c1-11-5-6-14(8-13(11)9-16)21(19,20)18-10-15-12(2)4-3-7-17-15/h3-8,18H,9-10,16H2,1-2H3. The molecule has 1 heterocycles. The molecule has 0 radical (unpaired) electrons. The highest BCUT2D eigenvalue weighted by Gasteiger charge is 2.15. The summed E-state index contributed by atoms with van der Waals surface area (Å²) in [7, 11) is -3.57. The molecule has 0 unspecified atom stereocenters. The molecule has 1 aromatic carbocycles. The van der Waals surface area contributed by atoms with E-state index < -0.39 is 10.0 Å². The topological polar surface area (TPSA) is 85.1 Å². The normalized spacial score (nSPS) is 11.6. The third-order valence-corrected chi connectivity index (χ3v) is 4.80. The monoisotopic (exact) mass is 305 g/mol. The molecule has 1 aromatic heterocycles. The maximum absolute atomic E-state index is 12.3. The molecule has 0 aliphatic carbocycles. The number of aryl methyl sites for hydroxylation is 2. The second-order valence-electron chi connectivity index (χ2n) is 4.88. The Labute approximate surface area is 125 Å². The molecule has 0 saturated heterocycles. The summed E-state index contributed by atoms with van der Waals surface area (Å²) < 4.78 is 27.2. The molecule has 0 bridgehead atoms. The lowest BCUT2D eigenvalue weighted by atomic mass is 10.1. The second kappa shape index (κ2) is 6.34. The van der Waals surface area contributed by atoms with Crippen LogP contribution in [0.2, 0.25) is 0 Å². The molecule has 0 amide bonds. The summed E-state index contributed by atoms with van der Waals surface area (Å²) in [5.41, 5.74) is 9.10. The molecule has 112 valence electrons. The zero-order chi connectivity index (χ0) is 15.5. The fourth-order valence-electron chi connectivity index (χ4n) is 1.99. The number of benzene rings is 1. The summed E-state index contributed by atoms with van der Waals surface area (Å²) in [6, 6.07) is 8.68. The molecule has 0 saturated carbocycles. The van der Waals surface area contributed by atoms with Gasteiger partial charge in [0.05, 0.1) is 17.1 Å². The molecular formula is C15H19N3O2S. The van der Waals surface area contributed by atoms with E-state index in [-0.39, 0.29) is 11.4 Å². The van der Waals surface area contributed by atoms with Crippen molar-refractivity contribution in [3.05, 3.63) is 58.9 Å². The van der Waals surface area contributed by atoms with Crippen LogP contribution in [0.4, 0.5) is 0 Å². The molecule has 5 nitrogen and oxygen atoms in total. The predicted octanol–water partition coefficient (Wildman–Crippen LogP) is 1.64. The first-order valence-electron chi connectivity index (χ1n) is 6.64. The van der Waals surface area contributed by atoms with Crippen molar-refractivity contribution < 1.29 is 8.42 Å². The fourth-order valence-corrected chi connectivity index (χ4v) is 3.02. The van der Waals surface area contributed by atoms with E-state index >= 15 is 0 Å². The molecule has 0 aliphatic rings. The third kappa shape index (κ3) is 3.66. The Hall–Kier alpha value is -1.76. The minimum Gasteiger partial charge on any atom is -0.326 e.